The van der Waals surface area contributed by atoms with Gasteiger partial charge in [0.2, 0.25) is 0 Å². The number of aromatic nitrogens is 3. The van der Waals surface area contributed by atoms with E-state index in [2.05, 4.69) is 14.8 Å². The molecule has 0 saturated heterocycles. The Hall–Kier alpha value is -1.43. The van der Waals surface area contributed by atoms with Gasteiger partial charge in [0, 0.05) is 6.54 Å². The lowest BCUT2D eigenvalue weighted by molar-refractivity contribution is -0.152. The van der Waals surface area contributed by atoms with Gasteiger partial charge in [-0.1, -0.05) is 0 Å². The molecule has 6 nitrogen and oxygen atoms in total. The first-order valence-electron chi connectivity index (χ1n) is 5.30. The van der Waals surface area contributed by atoms with Gasteiger partial charge in [-0.05, 0) is 19.8 Å². The van der Waals surface area contributed by atoms with E-state index in [0.717, 1.165) is 12.8 Å². The van der Waals surface area contributed by atoms with E-state index >= 15 is 0 Å². The summed E-state index contributed by atoms with van der Waals surface area (Å²) in [4.78, 5) is 15.5. The van der Waals surface area contributed by atoms with Crippen LogP contribution in [0.4, 0.5) is 0 Å². The number of aryl methyl sites for hydroxylation is 1. The number of aliphatic hydroxyl groups is 1. The molecule has 1 unspecified atom stereocenters. The maximum atomic E-state index is 11.4. The van der Waals surface area contributed by atoms with Gasteiger partial charge in [-0.3, -0.25) is 0 Å². The van der Waals surface area contributed by atoms with Crippen molar-refractivity contribution in [3.63, 3.8) is 0 Å². The fourth-order valence-corrected chi connectivity index (χ4v) is 1.97. The molecule has 0 radical (unpaired) electrons. The standard InChI is InChI=1S/C10H15N3O3/c1-3-13-9(11-6-12-13)10(4-5-10)7(14)8(15)16-2/h6-7,14H,3-5H2,1-2H3. The zero-order chi connectivity index (χ0) is 11.8. The van der Waals surface area contributed by atoms with Crippen LogP contribution in [0.2, 0.25) is 0 Å². The van der Waals surface area contributed by atoms with Gasteiger partial charge in [-0.15, -0.1) is 0 Å². The van der Waals surface area contributed by atoms with E-state index in [0.29, 0.717) is 12.4 Å². The largest absolute Gasteiger partial charge is 0.467 e. The number of hydrogen-bond acceptors (Lipinski definition) is 5. The van der Waals surface area contributed by atoms with Crippen LogP contribution in [0, 0.1) is 0 Å². The molecule has 1 aliphatic carbocycles. The lowest BCUT2D eigenvalue weighted by Crippen LogP contribution is -2.37. The normalized spacial score (nSPS) is 19.2. The molecule has 6 heteroatoms. The molecule has 0 bridgehead atoms. The predicted molar refractivity (Wildman–Crippen MR) is 54.6 cm³/mol. The summed E-state index contributed by atoms with van der Waals surface area (Å²) in [5.74, 6) is 0.0658. The Morgan fingerprint density at radius 2 is 2.44 bits per heavy atom. The number of ether oxygens (including phenoxy) is 1. The Bertz CT molecular complexity index is 398. The van der Waals surface area contributed by atoms with E-state index in [9.17, 15) is 9.90 Å². The van der Waals surface area contributed by atoms with Crippen molar-refractivity contribution in [1.82, 2.24) is 14.8 Å². The molecule has 0 amide bonds. The zero-order valence-electron chi connectivity index (χ0n) is 9.38. The van der Waals surface area contributed by atoms with Crippen LogP contribution >= 0.6 is 0 Å². The average molecular weight is 225 g/mol. The lowest BCUT2D eigenvalue weighted by atomic mass is 9.98. The number of esters is 1. The van der Waals surface area contributed by atoms with Crippen LogP contribution in [0.25, 0.3) is 0 Å². The Labute approximate surface area is 93.2 Å². The van der Waals surface area contributed by atoms with Gasteiger partial charge in [0.1, 0.15) is 12.2 Å². The summed E-state index contributed by atoms with van der Waals surface area (Å²) >= 11 is 0. The first kappa shape index (κ1) is 11.1. The summed E-state index contributed by atoms with van der Waals surface area (Å²) in [5.41, 5.74) is -0.584. The second-order valence-electron chi connectivity index (χ2n) is 3.98. The molecule has 0 spiro atoms. The van der Waals surface area contributed by atoms with Crippen LogP contribution in [0.5, 0.6) is 0 Å². The minimum absolute atomic E-state index is 0.584. The quantitative estimate of drug-likeness (QED) is 0.722. The van der Waals surface area contributed by atoms with Crippen LogP contribution in [0.15, 0.2) is 6.33 Å². The maximum Gasteiger partial charge on any atom is 0.335 e. The fourth-order valence-electron chi connectivity index (χ4n) is 1.97. The van der Waals surface area contributed by atoms with Crippen LogP contribution in [0.3, 0.4) is 0 Å². The van der Waals surface area contributed by atoms with Crippen molar-refractivity contribution in [3.8, 4) is 0 Å². The highest BCUT2D eigenvalue weighted by atomic mass is 16.5. The third-order valence-electron chi connectivity index (χ3n) is 3.10. The predicted octanol–water partition coefficient (Wildman–Crippen LogP) is -0.137. The van der Waals surface area contributed by atoms with E-state index in [1.165, 1.54) is 13.4 Å². The Morgan fingerprint density at radius 3 is 2.94 bits per heavy atom. The second-order valence-corrected chi connectivity index (χ2v) is 3.98. The average Bonchev–Trinajstić information content (AvgIpc) is 2.98. The molecule has 1 aromatic rings. The maximum absolute atomic E-state index is 11.4. The summed E-state index contributed by atoms with van der Waals surface area (Å²) in [6, 6.07) is 0. The molecule has 88 valence electrons. The van der Waals surface area contributed by atoms with Gasteiger partial charge < -0.3 is 9.84 Å². The highest BCUT2D eigenvalue weighted by Crippen LogP contribution is 2.50. The second kappa shape index (κ2) is 3.86. The molecule has 1 heterocycles. The molecule has 1 aromatic heterocycles. The minimum Gasteiger partial charge on any atom is -0.467 e. The molecular weight excluding hydrogens is 210 g/mol. The summed E-state index contributed by atoms with van der Waals surface area (Å²) in [6.07, 6.45) is 1.78. The first-order valence-corrected chi connectivity index (χ1v) is 5.30. The van der Waals surface area contributed by atoms with E-state index in [1.807, 2.05) is 6.92 Å². The zero-order valence-corrected chi connectivity index (χ0v) is 9.38. The van der Waals surface area contributed by atoms with Crippen molar-refractivity contribution in [1.29, 1.82) is 0 Å². The van der Waals surface area contributed by atoms with Crippen LogP contribution in [0.1, 0.15) is 25.6 Å². The number of rotatable bonds is 4. The molecule has 1 N–H and O–H groups in total. The minimum atomic E-state index is -1.15. The van der Waals surface area contributed by atoms with E-state index in [4.69, 9.17) is 0 Å². The highest BCUT2D eigenvalue weighted by molar-refractivity contribution is 5.77. The van der Waals surface area contributed by atoms with E-state index in [1.54, 1.807) is 4.68 Å². The topological polar surface area (TPSA) is 77.2 Å². The van der Waals surface area contributed by atoms with E-state index in [-0.39, 0.29) is 0 Å². The van der Waals surface area contributed by atoms with Crippen molar-refractivity contribution >= 4 is 5.97 Å². The number of nitrogens with zero attached hydrogens (tertiary/aromatic N) is 3. The Balaban J connectivity index is 2.29. The molecule has 2 rings (SSSR count). The lowest BCUT2D eigenvalue weighted by Gasteiger charge is -2.19. The number of aliphatic hydroxyl groups excluding tert-OH is 1. The molecule has 1 fully saturated rings. The summed E-state index contributed by atoms with van der Waals surface area (Å²) < 4.78 is 6.27. The van der Waals surface area contributed by atoms with Crippen molar-refractivity contribution in [3.05, 3.63) is 12.2 Å². The van der Waals surface area contributed by atoms with Gasteiger partial charge >= 0.3 is 5.97 Å². The van der Waals surface area contributed by atoms with Crippen molar-refractivity contribution in [2.24, 2.45) is 0 Å². The SMILES string of the molecule is CCn1ncnc1C1(C(O)C(=O)OC)CC1. The van der Waals surface area contributed by atoms with Gasteiger partial charge in [0.15, 0.2) is 6.10 Å². The monoisotopic (exact) mass is 225 g/mol. The fraction of sp³-hybridized carbons (Fsp3) is 0.700. The Kier molecular flexibility index (Phi) is 2.67. The summed E-state index contributed by atoms with van der Waals surface area (Å²) in [5, 5.41) is 14.0. The third-order valence-corrected chi connectivity index (χ3v) is 3.10. The first-order chi connectivity index (χ1) is 7.65. The molecule has 1 saturated carbocycles. The van der Waals surface area contributed by atoms with Crippen LogP contribution in [-0.2, 0) is 21.5 Å². The molecular formula is C10H15N3O3. The number of carbonyl (C=O) groups excluding carboxylic acids is 1. The molecule has 0 aliphatic heterocycles. The molecule has 1 atom stereocenters. The van der Waals surface area contributed by atoms with Gasteiger partial charge in [-0.25, -0.2) is 14.5 Å². The third kappa shape index (κ3) is 1.49. The van der Waals surface area contributed by atoms with Crippen LogP contribution < -0.4 is 0 Å². The van der Waals surface area contributed by atoms with Crippen molar-refractivity contribution in [2.75, 3.05) is 7.11 Å². The van der Waals surface area contributed by atoms with Gasteiger partial charge in [0.25, 0.3) is 0 Å². The van der Waals surface area contributed by atoms with Gasteiger partial charge in [0.05, 0.1) is 12.5 Å². The number of methoxy groups -OCH3 is 1. The summed E-state index contributed by atoms with van der Waals surface area (Å²) in [6.45, 7) is 2.61. The van der Waals surface area contributed by atoms with Crippen LogP contribution in [-0.4, -0.2) is 39.1 Å². The Morgan fingerprint density at radius 1 is 1.75 bits per heavy atom. The number of carbonyl (C=O) groups is 1. The van der Waals surface area contributed by atoms with Gasteiger partial charge in [-0.2, -0.15) is 5.10 Å². The van der Waals surface area contributed by atoms with E-state index < -0.39 is 17.5 Å². The number of hydrogen-bond donors (Lipinski definition) is 1. The van der Waals surface area contributed by atoms with Crippen molar-refractivity contribution < 1.29 is 14.6 Å². The van der Waals surface area contributed by atoms with Crippen molar-refractivity contribution in [2.45, 2.75) is 37.8 Å². The molecule has 0 aromatic carbocycles. The highest BCUT2D eigenvalue weighted by Gasteiger charge is 2.57. The molecule has 1 aliphatic rings. The summed E-state index contributed by atoms with van der Waals surface area (Å²) in [7, 11) is 1.27. The smallest absolute Gasteiger partial charge is 0.335 e. The molecule has 16 heavy (non-hydrogen) atoms.